The van der Waals surface area contributed by atoms with E-state index < -0.39 is 11.9 Å². The minimum Gasteiger partial charge on any atom is -0.477 e. The van der Waals surface area contributed by atoms with Gasteiger partial charge in [0.15, 0.2) is 0 Å². The fourth-order valence-corrected chi connectivity index (χ4v) is 11.5. The molecule has 6 atom stereocenters. The van der Waals surface area contributed by atoms with E-state index in [9.17, 15) is 19.8 Å². The van der Waals surface area contributed by atoms with Gasteiger partial charge >= 0.3 is 11.9 Å². The Morgan fingerprint density at radius 3 is 1.60 bits per heavy atom. The molecular formula is C51H65BrO6S2. The third-order valence-corrected chi connectivity index (χ3v) is 15.4. The van der Waals surface area contributed by atoms with E-state index in [0.717, 1.165) is 97.9 Å². The van der Waals surface area contributed by atoms with Gasteiger partial charge in [0, 0.05) is 21.6 Å². The zero-order chi connectivity index (χ0) is 43.0. The molecule has 6 rings (SSSR count). The Morgan fingerprint density at radius 2 is 1.10 bits per heavy atom. The van der Waals surface area contributed by atoms with Crippen molar-refractivity contribution in [3.05, 3.63) is 137 Å². The molecule has 9 heteroatoms. The van der Waals surface area contributed by atoms with E-state index in [2.05, 4.69) is 97.4 Å². The molecular weight excluding hydrogens is 853 g/mol. The summed E-state index contributed by atoms with van der Waals surface area (Å²) in [6.45, 7) is 6.58. The number of rotatable bonds is 22. The number of hydrogen-bond acceptors (Lipinski definition) is 6. The van der Waals surface area contributed by atoms with Crippen LogP contribution in [0.15, 0.2) is 95.0 Å². The summed E-state index contributed by atoms with van der Waals surface area (Å²) in [5.74, 6) is 0.278. The molecule has 0 spiro atoms. The lowest BCUT2D eigenvalue weighted by molar-refractivity contribution is 0.0691. The molecule has 0 aliphatic heterocycles. The molecule has 324 valence electrons. The van der Waals surface area contributed by atoms with Gasteiger partial charge in [-0.1, -0.05) is 141 Å². The Balaban J connectivity index is 0.000000228. The zero-order valence-corrected chi connectivity index (χ0v) is 38.9. The molecule has 0 radical (unpaired) electrons. The van der Waals surface area contributed by atoms with Crippen molar-refractivity contribution in [3.63, 3.8) is 0 Å². The van der Waals surface area contributed by atoms with Crippen molar-refractivity contribution in [1.82, 2.24) is 0 Å². The van der Waals surface area contributed by atoms with Crippen molar-refractivity contribution >= 4 is 50.5 Å². The quantitative estimate of drug-likeness (QED) is 0.0461. The van der Waals surface area contributed by atoms with Crippen LogP contribution in [-0.4, -0.2) is 32.4 Å². The van der Waals surface area contributed by atoms with Crippen LogP contribution in [0, 0.1) is 11.8 Å². The predicted octanol–water partition coefficient (Wildman–Crippen LogP) is 14.6. The number of carboxylic acids is 2. The van der Waals surface area contributed by atoms with Crippen LogP contribution in [0.2, 0.25) is 0 Å². The lowest BCUT2D eigenvalue weighted by Crippen LogP contribution is -2.10. The van der Waals surface area contributed by atoms with E-state index in [1.807, 2.05) is 12.1 Å². The highest BCUT2D eigenvalue weighted by atomic mass is 79.9. The van der Waals surface area contributed by atoms with E-state index in [1.54, 1.807) is 12.1 Å². The normalized spacial score (nSPS) is 19.6. The van der Waals surface area contributed by atoms with Gasteiger partial charge in [-0.15, -0.1) is 22.7 Å². The first-order valence-corrected chi connectivity index (χ1v) is 24.6. The molecule has 2 aliphatic rings. The Kier molecular flexibility index (Phi) is 19.4. The second kappa shape index (κ2) is 24.3. The second-order valence-electron chi connectivity index (χ2n) is 16.8. The summed E-state index contributed by atoms with van der Waals surface area (Å²) < 4.78 is 1.28. The molecule has 0 saturated heterocycles. The first-order valence-electron chi connectivity index (χ1n) is 22.2. The Bertz CT molecular complexity index is 1990. The van der Waals surface area contributed by atoms with Gasteiger partial charge in [-0.3, -0.25) is 0 Å². The number of thiophene rings is 2. The lowest BCUT2D eigenvalue weighted by Gasteiger charge is -2.23. The molecule has 2 aromatic carbocycles. The number of hydrogen-bond donors (Lipinski definition) is 4. The molecule has 4 aromatic rings. The SMILES string of the molecule is CCCCCC(O)c1ccc(C2C(Br)=CC[C@@H]2CCCCc2ccc(C(=O)O)s2)cc1.CCCCCC(O)c1ccc(C2C(C)=CC[C@@H]2CCc2ccc(C(=O)O)s2)cc1. The third kappa shape index (κ3) is 13.8. The van der Waals surface area contributed by atoms with Gasteiger partial charge in [0.05, 0.1) is 12.2 Å². The summed E-state index contributed by atoms with van der Waals surface area (Å²) in [6, 6.07) is 24.4. The molecule has 0 saturated carbocycles. The molecule has 0 bridgehead atoms. The van der Waals surface area contributed by atoms with Gasteiger partial charge in [-0.05, 0) is 128 Å². The molecule has 2 aromatic heterocycles. The van der Waals surface area contributed by atoms with Crippen molar-refractivity contribution in [3.8, 4) is 0 Å². The molecule has 0 amide bonds. The van der Waals surface area contributed by atoms with Crippen LogP contribution in [0.25, 0.3) is 0 Å². The Morgan fingerprint density at radius 1 is 0.617 bits per heavy atom. The van der Waals surface area contributed by atoms with E-state index in [1.165, 1.54) is 69.5 Å². The fraction of sp³-hybridized carbons (Fsp3) is 0.490. The number of carbonyl (C=O) groups is 2. The van der Waals surface area contributed by atoms with Crippen LogP contribution < -0.4 is 0 Å². The fourth-order valence-electron chi connectivity index (χ4n) is 8.91. The van der Waals surface area contributed by atoms with E-state index >= 15 is 0 Å². The molecule has 2 aliphatic carbocycles. The van der Waals surface area contributed by atoms with Crippen LogP contribution in [0.4, 0.5) is 0 Å². The largest absolute Gasteiger partial charge is 0.477 e. The zero-order valence-electron chi connectivity index (χ0n) is 35.7. The number of allylic oxidation sites excluding steroid dienone is 4. The maximum absolute atomic E-state index is 11.1. The maximum atomic E-state index is 11.1. The standard InChI is InChI=1S/C26H33BrO3S.C25H32O3S/c1-2-3-4-9-23(28)18-10-12-20(13-11-18)25-19(14-16-22(25)27)7-5-6-8-21-15-17-24(31-21)26(29)30;1-3-4-5-6-22(26)18-9-11-20(12-10-18)24-17(2)7-8-19(24)13-14-21-15-16-23(29-21)25(27)28/h10-13,15-17,19,23,25,28H,2-9,14H2,1H3,(H,29,30);7,9-12,15-16,19,22,24,26H,3-6,8,13-14H2,1-2H3,(H,27,28)/t19-,23?,25?;19-,22?,24?/m01/s1. The van der Waals surface area contributed by atoms with Gasteiger partial charge in [-0.25, -0.2) is 9.59 Å². The minimum absolute atomic E-state index is 0.363. The van der Waals surface area contributed by atoms with Crippen LogP contribution in [0.1, 0.15) is 186 Å². The topological polar surface area (TPSA) is 115 Å². The Hall–Kier alpha value is -3.34. The second-order valence-corrected chi connectivity index (χ2v) is 20.0. The number of aliphatic hydroxyl groups excluding tert-OH is 2. The minimum atomic E-state index is -0.838. The van der Waals surface area contributed by atoms with Crippen LogP contribution >= 0.6 is 38.6 Å². The number of benzene rings is 2. The van der Waals surface area contributed by atoms with Gasteiger partial charge in [0.1, 0.15) is 9.75 Å². The van der Waals surface area contributed by atoms with Gasteiger partial charge in [0.2, 0.25) is 0 Å². The summed E-state index contributed by atoms with van der Waals surface area (Å²) in [7, 11) is 0. The van der Waals surface area contributed by atoms with Crippen molar-refractivity contribution in [2.45, 2.75) is 148 Å². The van der Waals surface area contributed by atoms with Crippen molar-refractivity contribution < 1.29 is 30.0 Å². The number of aryl methyl sites for hydroxylation is 2. The van der Waals surface area contributed by atoms with Crippen molar-refractivity contribution in [2.24, 2.45) is 11.8 Å². The summed E-state index contributed by atoms with van der Waals surface area (Å²) >= 11 is 6.58. The van der Waals surface area contributed by atoms with Crippen molar-refractivity contribution in [2.75, 3.05) is 0 Å². The van der Waals surface area contributed by atoms with Crippen molar-refractivity contribution in [1.29, 1.82) is 0 Å². The predicted molar refractivity (Wildman–Crippen MR) is 252 cm³/mol. The number of halogens is 1. The number of aromatic carboxylic acids is 2. The molecule has 0 fully saturated rings. The molecule has 4 unspecified atom stereocenters. The third-order valence-electron chi connectivity index (χ3n) is 12.4. The number of carboxylic acid groups (broad SMARTS) is 2. The summed E-state index contributed by atoms with van der Waals surface area (Å²) in [5, 5.41) is 39.0. The molecule has 2 heterocycles. The highest BCUT2D eigenvalue weighted by Gasteiger charge is 2.30. The average molecular weight is 918 g/mol. The summed E-state index contributed by atoms with van der Waals surface area (Å²) in [5.41, 5.74) is 6.10. The smallest absolute Gasteiger partial charge is 0.345 e. The molecule has 4 N–H and O–H groups in total. The first-order chi connectivity index (χ1) is 29.0. The van der Waals surface area contributed by atoms with E-state index in [0.29, 0.717) is 33.4 Å². The van der Waals surface area contributed by atoms with Gasteiger partial charge in [-0.2, -0.15) is 0 Å². The van der Waals surface area contributed by atoms with Gasteiger partial charge in [0.25, 0.3) is 0 Å². The highest BCUT2D eigenvalue weighted by molar-refractivity contribution is 9.11. The summed E-state index contributed by atoms with van der Waals surface area (Å²) in [6.07, 6.45) is 20.9. The maximum Gasteiger partial charge on any atom is 0.345 e. The Labute approximate surface area is 374 Å². The summed E-state index contributed by atoms with van der Waals surface area (Å²) in [4.78, 5) is 25.3. The number of unbranched alkanes of at least 4 members (excludes halogenated alkanes) is 5. The molecule has 6 nitrogen and oxygen atoms in total. The highest BCUT2D eigenvalue weighted by Crippen LogP contribution is 2.46. The first kappa shape index (κ1) is 47.7. The molecule has 60 heavy (non-hydrogen) atoms. The van der Waals surface area contributed by atoms with E-state index in [4.69, 9.17) is 10.2 Å². The van der Waals surface area contributed by atoms with E-state index in [-0.39, 0.29) is 12.2 Å². The van der Waals surface area contributed by atoms with Crippen LogP contribution in [0.5, 0.6) is 0 Å². The van der Waals surface area contributed by atoms with Crippen LogP contribution in [0.3, 0.4) is 0 Å². The van der Waals surface area contributed by atoms with Crippen LogP contribution in [-0.2, 0) is 12.8 Å². The number of aliphatic hydroxyl groups is 2. The lowest BCUT2D eigenvalue weighted by atomic mass is 9.82. The van der Waals surface area contributed by atoms with Gasteiger partial charge < -0.3 is 20.4 Å². The monoisotopic (exact) mass is 916 g/mol. The average Bonchev–Trinajstić information content (AvgIpc) is 4.07.